The number of halogens is 8. The SMILES string of the molecule is OC(I)C(I)(I)C(I)(I)C(I)(I)I. The van der Waals surface area contributed by atoms with Gasteiger partial charge in [-0.05, 0) is 22.6 Å². The molecule has 0 aliphatic heterocycles. The van der Waals surface area contributed by atoms with E-state index in [9.17, 15) is 5.11 Å². The number of hydrogen-bond donors (Lipinski definition) is 1. The first-order valence-corrected chi connectivity index (χ1v) is 11.4. The average Bonchev–Trinajstić information content (AvgIpc) is 1.84. The molecule has 0 saturated carbocycles. The van der Waals surface area contributed by atoms with E-state index in [4.69, 9.17) is 0 Å². The lowest BCUT2D eigenvalue weighted by Crippen LogP contribution is -2.48. The van der Waals surface area contributed by atoms with Crippen molar-refractivity contribution in [2.75, 3.05) is 0 Å². The van der Waals surface area contributed by atoms with Gasteiger partial charge in [0.2, 0.25) is 0 Å². The zero-order valence-electron chi connectivity index (χ0n) is 5.55. The molecule has 80 valence electrons. The summed E-state index contributed by atoms with van der Waals surface area (Å²) in [5.41, 5.74) is 0. The highest BCUT2D eigenvalue weighted by molar-refractivity contribution is 14.3. The zero-order valence-corrected chi connectivity index (χ0v) is 22.8. The van der Waals surface area contributed by atoms with Crippen LogP contribution in [0.2, 0.25) is 0 Å². The fraction of sp³-hybridized carbons (Fsp3) is 1.00. The molecule has 0 aliphatic rings. The van der Waals surface area contributed by atoms with Gasteiger partial charge in [0.05, 0.1) is 0 Å². The smallest absolute Gasteiger partial charge is 0.150 e. The summed E-state index contributed by atoms with van der Waals surface area (Å²) in [6.45, 7) is 0. The van der Waals surface area contributed by atoms with E-state index >= 15 is 0 Å². The van der Waals surface area contributed by atoms with Crippen molar-refractivity contribution in [2.24, 2.45) is 0 Å². The molecule has 0 amide bonds. The molecular weight excluding hydrogens is 1080 g/mol. The van der Waals surface area contributed by atoms with Crippen molar-refractivity contribution in [3.63, 3.8) is 0 Å². The van der Waals surface area contributed by atoms with Crippen LogP contribution in [-0.2, 0) is 0 Å². The summed E-state index contributed by atoms with van der Waals surface area (Å²) in [6.07, 6.45) is 0. The van der Waals surface area contributed by atoms with E-state index in [1.54, 1.807) is 0 Å². The van der Waals surface area contributed by atoms with Crippen LogP contribution in [0.4, 0.5) is 0 Å². The van der Waals surface area contributed by atoms with Crippen LogP contribution >= 0.6 is 181 Å². The summed E-state index contributed by atoms with van der Waals surface area (Å²) >= 11 is 18.8. The monoisotopic (exact) mass is 1080 g/mol. The van der Waals surface area contributed by atoms with Crippen LogP contribution in [-0.4, -0.2) is 11.5 Å². The second-order valence-electron chi connectivity index (χ2n) is 2.03. The Hall–Kier alpha value is 5.80. The summed E-state index contributed by atoms with van der Waals surface area (Å²) in [4.78, 5) is 0. The van der Waals surface area contributed by atoms with Crippen LogP contribution in [0.5, 0.6) is 0 Å². The molecule has 0 aliphatic carbocycles. The van der Waals surface area contributed by atoms with Crippen molar-refractivity contribution in [3.8, 4) is 0 Å². The predicted molar refractivity (Wildman–Crippen MR) is 126 cm³/mol. The second-order valence-corrected chi connectivity index (χ2v) is 25.0. The molecule has 1 unspecified atom stereocenters. The largest absolute Gasteiger partial charge is 0.380 e. The average molecular weight is 1080 g/mol. The Labute approximate surface area is 187 Å². The molecule has 1 N–H and O–H groups in total. The summed E-state index contributed by atoms with van der Waals surface area (Å²) in [5, 5.41) is 9.73. The standard InChI is InChI=1S/C4H2I8O/c5-1(13)2(6,7)3(8,9)4(10,11)12/h1,13H. The maximum Gasteiger partial charge on any atom is 0.150 e. The van der Waals surface area contributed by atoms with Gasteiger partial charge in [-0.1, -0.05) is 158 Å². The Bertz CT molecular complexity index is 181. The van der Waals surface area contributed by atoms with Crippen LogP contribution in [0, 0.1) is 0 Å². The van der Waals surface area contributed by atoms with Crippen molar-refractivity contribution in [2.45, 2.75) is 6.40 Å². The van der Waals surface area contributed by atoms with Gasteiger partial charge in [0.15, 0.2) is 0 Å². The minimum absolute atomic E-state index is 0.0288. The Morgan fingerprint density at radius 2 is 1.15 bits per heavy atom. The third kappa shape index (κ3) is 5.00. The minimum atomic E-state index is -0.362. The van der Waals surface area contributed by atoms with Gasteiger partial charge in [-0.3, -0.25) is 0 Å². The van der Waals surface area contributed by atoms with Crippen LogP contribution in [0.25, 0.3) is 0 Å². The number of hydrogen-bond acceptors (Lipinski definition) is 1. The Morgan fingerprint density at radius 1 is 0.846 bits per heavy atom. The fourth-order valence-electron chi connectivity index (χ4n) is 0.339. The lowest BCUT2D eigenvalue weighted by molar-refractivity contribution is 0.275. The first-order chi connectivity index (χ1) is 5.44. The first kappa shape index (κ1) is 18.8. The lowest BCUT2D eigenvalue weighted by atomic mass is 10.3. The zero-order chi connectivity index (χ0) is 11.1. The second kappa shape index (κ2) is 6.99. The summed E-state index contributed by atoms with van der Waals surface area (Å²) < 4.78 is -0.512. The molecule has 0 aromatic carbocycles. The molecule has 1 nitrogen and oxygen atoms in total. The maximum absolute atomic E-state index is 9.73. The van der Waals surface area contributed by atoms with Crippen molar-refractivity contribution in [1.29, 1.82) is 0 Å². The van der Waals surface area contributed by atoms with Gasteiger partial charge in [0.25, 0.3) is 0 Å². The van der Waals surface area contributed by atoms with Gasteiger partial charge in [-0.2, -0.15) is 0 Å². The summed E-state index contributed by atoms with van der Waals surface area (Å²) in [7, 11) is 0. The van der Waals surface area contributed by atoms with Crippen molar-refractivity contribution >= 4 is 181 Å². The maximum atomic E-state index is 9.73. The number of alkyl halides is 8. The van der Waals surface area contributed by atoms with Crippen molar-refractivity contribution in [1.82, 2.24) is 0 Å². The Kier molecular flexibility index (Phi) is 10.1. The summed E-state index contributed by atoms with van der Waals surface area (Å²) in [5.74, 6) is 0. The molecule has 0 radical (unpaired) electrons. The van der Waals surface area contributed by atoms with Crippen molar-refractivity contribution in [3.05, 3.63) is 0 Å². The molecule has 0 aromatic heterocycles. The number of aliphatic hydroxyl groups is 1. The van der Waals surface area contributed by atoms with Gasteiger partial charge in [-0.15, -0.1) is 0 Å². The van der Waals surface area contributed by atoms with Crippen LogP contribution in [0.15, 0.2) is 0 Å². The normalized spacial score (nSPS) is 17.3. The number of rotatable bonds is 3. The third-order valence-corrected chi connectivity index (χ3v) is 23.3. The van der Waals surface area contributed by atoms with Gasteiger partial charge in [0, 0.05) is 0 Å². The molecule has 0 saturated heterocycles. The van der Waals surface area contributed by atoms with Gasteiger partial charge >= 0.3 is 0 Å². The molecular formula is C4H2I8O. The van der Waals surface area contributed by atoms with Gasteiger partial charge in [-0.25, -0.2) is 0 Å². The summed E-state index contributed by atoms with van der Waals surface area (Å²) in [6, 6.07) is 0. The van der Waals surface area contributed by atoms with E-state index in [2.05, 4.69) is 181 Å². The molecule has 0 spiro atoms. The Balaban J connectivity index is 5.04. The molecule has 0 heterocycles. The third-order valence-electron chi connectivity index (χ3n) is 1.07. The molecule has 1 atom stereocenters. The van der Waals surface area contributed by atoms with E-state index in [1.807, 2.05) is 0 Å². The topological polar surface area (TPSA) is 20.2 Å². The first-order valence-electron chi connectivity index (χ1n) is 2.59. The molecule has 9 heteroatoms. The minimum Gasteiger partial charge on any atom is -0.380 e. The molecule has 13 heavy (non-hydrogen) atoms. The molecule has 0 aromatic rings. The van der Waals surface area contributed by atoms with Gasteiger partial charge in [0.1, 0.15) is 6.40 Å². The van der Waals surface area contributed by atoms with E-state index < -0.39 is 0 Å². The quantitative estimate of drug-likeness (QED) is 0.279. The molecule has 0 rings (SSSR count). The lowest BCUT2D eigenvalue weighted by Gasteiger charge is -2.41. The fourth-order valence-corrected chi connectivity index (χ4v) is 7.77. The van der Waals surface area contributed by atoms with E-state index in [1.165, 1.54) is 0 Å². The van der Waals surface area contributed by atoms with Crippen molar-refractivity contribution < 1.29 is 5.11 Å². The van der Waals surface area contributed by atoms with E-state index in [-0.39, 0.29) is 6.40 Å². The van der Waals surface area contributed by atoms with E-state index in [0.717, 1.165) is 0 Å². The highest BCUT2D eigenvalue weighted by Gasteiger charge is 2.58. The molecule has 0 bridgehead atoms. The highest BCUT2D eigenvalue weighted by Crippen LogP contribution is 2.65. The van der Waals surface area contributed by atoms with Crippen LogP contribution in [0.1, 0.15) is 0 Å². The van der Waals surface area contributed by atoms with Crippen LogP contribution < -0.4 is 0 Å². The highest BCUT2D eigenvalue weighted by atomic mass is 127. The predicted octanol–water partition coefficient (Wildman–Crippen LogP) is 5.83. The van der Waals surface area contributed by atoms with Gasteiger partial charge < -0.3 is 5.11 Å². The Morgan fingerprint density at radius 3 is 1.23 bits per heavy atom. The molecule has 0 fully saturated rings. The number of aliphatic hydroxyl groups excluding tert-OH is 1. The van der Waals surface area contributed by atoms with E-state index in [0.29, 0.717) is 0 Å². The van der Waals surface area contributed by atoms with Crippen LogP contribution in [0.3, 0.4) is 0 Å².